The average Bonchev–Trinajstić information content (AvgIpc) is 2.77. The quantitative estimate of drug-likeness (QED) is 0.392. The van der Waals surface area contributed by atoms with Gasteiger partial charge in [-0.25, -0.2) is 13.8 Å². The molecule has 0 aliphatic carbocycles. The van der Waals surface area contributed by atoms with Crippen LogP contribution in [0, 0.1) is 15.2 Å². The topological polar surface area (TPSA) is 17.8 Å². The number of nitrogens with zero attached hydrogens (tertiary/aromatic N) is 2. The van der Waals surface area contributed by atoms with Crippen molar-refractivity contribution >= 4 is 56.8 Å². The third-order valence-electron chi connectivity index (χ3n) is 3.04. The Kier molecular flexibility index (Phi) is 4.07. The molecule has 0 aliphatic heterocycles. The summed E-state index contributed by atoms with van der Waals surface area (Å²) in [7, 11) is 0. The van der Waals surface area contributed by atoms with Crippen LogP contribution in [0.1, 0.15) is 5.82 Å². The number of hydrogen-bond donors (Lipinski definition) is 0. The van der Waals surface area contributed by atoms with Gasteiger partial charge in [-0.15, -0.1) is 11.6 Å². The number of rotatable bonds is 2. The summed E-state index contributed by atoms with van der Waals surface area (Å²) in [6.45, 7) is 0. The Morgan fingerprint density at radius 3 is 2.57 bits per heavy atom. The number of fused-ring (bicyclic) bond motifs is 1. The molecule has 1 aromatic heterocycles. The fraction of sp³-hybridized carbons (Fsp3) is 0.0714. The molecule has 2 aromatic carbocycles. The Hall–Kier alpha value is -0.920. The molecule has 0 fully saturated rings. The van der Waals surface area contributed by atoms with Crippen LogP contribution < -0.4 is 0 Å². The second-order valence-corrected chi connectivity index (χ2v) is 6.21. The highest BCUT2D eigenvalue weighted by Crippen LogP contribution is 2.28. The van der Waals surface area contributed by atoms with Gasteiger partial charge in [0, 0.05) is 11.1 Å². The van der Waals surface area contributed by atoms with Crippen LogP contribution in [0.15, 0.2) is 30.3 Å². The van der Waals surface area contributed by atoms with Crippen LogP contribution in [0.25, 0.3) is 16.7 Å². The Morgan fingerprint density at radius 1 is 1.14 bits per heavy atom. The molecule has 0 unspecified atom stereocenters. The first kappa shape index (κ1) is 15.0. The normalized spacial score (nSPS) is 11.3. The molecule has 0 atom stereocenters. The number of aromatic nitrogens is 2. The van der Waals surface area contributed by atoms with E-state index in [-0.39, 0.29) is 22.4 Å². The van der Waals surface area contributed by atoms with Gasteiger partial charge in [0.05, 0.1) is 26.2 Å². The molecule has 1 heterocycles. The van der Waals surface area contributed by atoms with Gasteiger partial charge in [-0.05, 0) is 46.9 Å². The number of halogens is 5. The molecule has 0 radical (unpaired) electrons. The van der Waals surface area contributed by atoms with Gasteiger partial charge in [0.2, 0.25) is 0 Å². The highest BCUT2D eigenvalue weighted by atomic mass is 127. The number of hydrogen-bond acceptors (Lipinski definition) is 1. The van der Waals surface area contributed by atoms with Gasteiger partial charge in [0.25, 0.3) is 0 Å². The van der Waals surface area contributed by atoms with Gasteiger partial charge in [0.1, 0.15) is 17.5 Å². The average molecular weight is 439 g/mol. The van der Waals surface area contributed by atoms with E-state index in [1.807, 2.05) is 22.6 Å². The number of imidazole rings is 1. The molecule has 3 rings (SSSR count). The monoisotopic (exact) mass is 438 g/mol. The van der Waals surface area contributed by atoms with Crippen molar-refractivity contribution in [3.05, 3.63) is 56.4 Å². The molecule has 0 saturated heterocycles. The first-order chi connectivity index (χ1) is 10.0. The Morgan fingerprint density at radius 2 is 1.90 bits per heavy atom. The lowest BCUT2D eigenvalue weighted by Gasteiger charge is -2.09. The molecule has 0 aliphatic rings. The molecular formula is C14H7Cl2F2IN2. The smallest absolute Gasteiger partial charge is 0.148 e. The lowest BCUT2D eigenvalue weighted by molar-refractivity contribution is 0.615. The minimum absolute atomic E-state index is 0.0783. The predicted octanol–water partition coefficient (Wildman–Crippen LogP) is 5.30. The van der Waals surface area contributed by atoms with Crippen molar-refractivity contribution in [3.8, 4) is 5.69 Å². The maximum absolute atomic E-state index is 14.2. The first-order valence-corrected chi connectivity index (χ1v) is 7.88. The van der Waals surface area contributed by atoms with Gasteiger partial charge in [0.15, 0.2) is 0 Å². The molecule has 0 amide bonds. The van der Waals surface area contributed by atoms with E-state index in [1.165, 1.54) is 22.8 Å². The fourth-order valence-electron chi connectivity index (χ4n) is 2.14. The van der Waals surface area contributed by atoms with Gasteiger partial charge in [-0.2, -0.15) is 0 Å². The molecule has 0 saturated carbocycles. The SMILES string of the molecule is Fc1cc2c(cc1I)nc(CCl)n2-c1ccc(Cl)cc1F. The number of benzene rings is 2. The van der Waals surface area contributed by atoms with Crippen LogP contribution in [0.4, 0.5) is 8.78 Å². The van der Waals surface area contributed by atoms with E-state index in [9.17, 15) is 8.78 Å². The summed E-state index contributed by atoms with van der Waals surface area (Å²) in [5.41, 5.74) is 1.26. The fourth-order valence-corrected chi connectivity index (χ4v) is 2.93. The van der Waals surface area contributed by atoms with Crippen LogP contribution in [-0.4, -0.2) is 9.55 Å². The molecule has 0 N–H and O–H groups in total. The Balaban J connectivity index is 2.37. The van der Waals surface area contributed by atoms with E-state index in [1.54, 1.807) is 12.1 Å². The molecule has 21 heavy (non-hydrogen) atoms. The van der Waals surface area contributed by atoms with Crippen LogP contribution in [0.2, 0.25) is 5.02 Å². The first-order valence-electron chi connectivity index (χ1n) is 5.89. The molecule has 2 nitrogen and oxygen atoms in total. The Labute approximate surface area is 142 Å². The molecule has 0 bridgehead atoms. The van der Waals surface area contributed by atoms with Crippen molar-refractivity contribution in [2.24, 2.45) is 0 Å². The summed E-state index contributed by atoms with van der Waals surface area (Å²) in [4.78, 5) is 4.33. The second-order valence-electron chi connectivity index (χ2n) is 4.35. The number of alkyl halides is 1. The van der Waals surface area contributed by atoms with E-state index < -0.39 is 5.82 Å². The van der Waals surface area contributed by atoms with Crippen molar-refractivity contribution in [2.75, 3.05) is 0 Å². The zero-order valence-electron chi connectivity index (χ0n) is 10.4. The van der Waals surface area contributed by atoms with Crippen molar-refractivity contribution in [3.63, 3.8) is 0 Å². The van der Waals surface area contributed by atoms with Gasteiger partial charge in [-0.1, -0.05) is 11.6 Å². The van der Waals surface area contributed by atoms with Crippen molar-refractivity contribution in [1.82, 2.24) is 9.55 Å². The Bertz CT molecular complexity index is 849. The summed E-state index contributed by atoms with van der Waals surface area (Å²) in [5, 5.41) is 0.286. The van der Waals surface area contributed by atoms with Gasteiger partial charge in [-0.3, -0.25) is 4.57 Å². The summed E-state index contributed by atoms with van der Waals surface area (Å²) in [6, 6.07) is 7.21. The van der Waals surface area contributed by atoms with Crippen molar-refractivity contribution in [2.45, 2.75) is 5.88 Å². The van der Waals surface area contributed by atoms with Crippen molar-refractivity contribution < 1.29 is 8.78 Å². The maximum Gasteiger partial charge on any atom is 0.148 e. The maximum atomic E-state index is 14.2. The van der Waals surface area contributed by atoms with E-state index in [0.717, 1.165) is 0 Å². The van der Waals surface area contributed by atoms with Gasteiger partial charge < -0.3 is 0 Å². The zero-order valence-corrected chi connectivity index (χ0v) is 14.0. The van der Waals surface area contributed by atoms with Crippen LogP contribution in [0.3, 0.4) is 0 Å². The minimum Gasteiger partial charge on any atom is -0.292 e. The minimum atomic E-state index is -0.521. The predicted molar refractivity (Wildman–Crippen MR) is 88.3 cm³/mol. The lowest BCUT2D eigenvalue weighted by Crippen LogP contribution is -2.02. The summed E-state index contributed by atoms with van der Waals surface area (Å²) in [6.07, 6.45) is 0. The van der Waals surface area contributed by atoms with Crippen molar-refractivity contribution in [1.29, 1.82) is 0 Å². The summed E-state index contributed by atoms with van der Waals surface area (Å²) < 4.78 is 29.9. The molecule has 7 heteroatoms. The highest BCUT2D eigenvalue weighted by Gasteiger charge is 2.17. The molecule has 108 valence electrons. The van der Waals surface area contributed by atoms with Gasteiger partial charge >= 0.3 is 0 Å². The molecular weight excluding hydrogens is 432 g/mol. The lowest BCUT2D eigenvalue weighted by atomic mass is 10.2. The van der Waals surface area contributed by atoms with E-state index >= 15 is 0 Å². The largest absolute Gasteiger partial charge is 0.292 e. The standard InChI is InChI=1S/C14H7Cl2F2IN2/c15-6-14-20-11-5-10(19)8(17)4-13(11)21(14)12-2-1-7(16)3-9(12)18/h1-5H,6H2. The van der Waals surface area contributed by atoms with Crippen LogP contribution >= 0.6 is 45.8 Å². The van der Waals surface area contributed by atoms with E-state index in [4.69, 9.17) is 23.2 Å². The second kappa shape index (κ2) is 5.70. The third kappa shape index (κ3) is 2.62. The van der Waals surface area contributed by atoms with Crippen LogP contribution in [0.5, 0.6) is 0 Å². The zero-order chi connectivity index (χ0) is 15.1. The summed E-state index contributed by atoms with van der Waals surface area (Å²) >= 11 is 13.5. The molecule has 0 spiro atoms. The molecule has 3 aromatic rings. The van der Waals surface area contributed by atoms with E-state index in [2.05, 4.69) is 4.98 Å². The third-order valence-corrected chi connectivity index (χ3v) is 4.34. The highest BCUT2D eigenvalue weighted by molar-refractivity contribution is 14.1. The van der Waals surface area contributed by atoms with Crippen LogP contribution in [-0.2, 0) is 5.88 Å². The summed E-state index contributed by atoms with van der Waals surface area (Å²) in [5.74, 6) is -0.393. The van der Waals surface area contributed by atoms with E-state index in [0.29, 0.717) is 20.4 Å².